The van der Waals surface area contributed by atoms with Crippen LogP contribution in [-0.4, -0.2) is 20.7 Å². The molecule has 0 unspecified atom stereocenters. The standard InChI is InChI=1S/C6H13O4P/c1-2-3-4-5-6(7)11(8,9)10/h4-7H,2-3H2,1H3,(H2,8,9,10)/t6-/m0/s1. The van der Waals surface area contributed by atoms with E-state index in [1.807, 2.05) is 6.92 Å². The third kappa shape index (κ3) is 5.16. The monoisotopic (exact) mass is 180 g/mol. The molecule has 0 aromatic carbocycles. The van der Waals surface area contributed by atoms with E-state index in [4.69, 9.17) is 14.9 Å². The molecule has 0 heterocycles. The summed E-state index contributed by atoms with van der Waals surface area (Å²) in [6, 6.07) is 0. The summed E-state index contributed by atoms with van der Waals surface area (Å²) in [6.07, 6.45) is 4.30. The summed E-state index contributed by atoms with van der Waals surface area (Å²) in [6.45, 7) is 1.94. The number of hydrogen-bond acceptors (Lipinski definition) is 2. The molecule has 1 atom stereocenters. The molecule has 0 aliphatic rings. The Kier molecular flexibility index (Phi) is 4.61. The fraction of sp³-hybridized carbons (Fsp3) is 0.667. The van der Waals surface area contributed by atoms with Gasteiger partial charge in [0.2, 0.25) is 0 Å². The van der Waals surface area contributed by atoms with Gasteiger partial charge in [-0.2, -0.15) is 0 Å². The van der Waals surface area contributed by atoms with Crippen molar-refractivity contribution in [3.05, 3.63) is 12.2 Å². The van der Waals surface area contributed by atoms with Gasteiger partial charge in [-0.3, -0.25) is 4.57 Å². The third-order valence-electron chi connectivity index (χ3n) is 1.11. The third-order valence-corrected chi connectivity index (χ3v) is 1.97. The first kappa shape index (κ1) is 10.8. The van der Waals surface area contributed by atoms with E-state index >= 15 is 0 Å². The molecular formula is C6H13O4P. The molecule has 0 aromatic heterocycles. The van der Waals surface area contributed by atoms with E-state index in [9.17, 15) is 4.57 Å². The molecule has 0 saturated heterocycles. The van der Waals surface area contributed by atoms with Crippen molar-refractivity contribution in [1.82, 2.24) is 0 Å². The van der Waals surface area contributed by atoms with Crippen molar-refractivity contribution in [2.24, 2.45) is 0 Å². The molecule has 0 radical (unpaired) electrons. The Morgan fingerprint density at radius 3 is 2.45 bits per heavy atom. The average Bonchev–Trinajstić information content (AvgIpc) is 1.86. The van der Waals surface area contributed by atoms with Crippen LogP contribution < -0.4 is 0 Å². The average molecular weight is 180 g/mol. The first-order valence-electron chi connectivity index (χ1n) is 3.38. The second-order valence-corrected chi connectivity index (χ2v) is 3.93. The van der Waals surface area contributed by atoms with Crippen molar-refractivity contribution in [3.8, 4) is 0 Å². The van der Waals surface area contributed by atoms with Crippen molar-refractivity contribution in [3.63, 3.8) is 0 Å². The summed E-state index contributed by atoms with van der Waals surface area (Å²) < 4.78 is 10.3. The van der Waals surface area contributed by atoms with Crippen LogP contribution in [0.3, 0.4) is 0 Å². The van der Waals surface area contributed by atoms with E-state index in [0.29, 0.717) is 0 Å². The Hall–Kier alpha value is -0.150. The minimum atomic E-state index is -4.33. The first-order valence-corrected chi connectivity index (χ1v) is 5.06. The van der Waals surface area contributed by atoms with Gasteiger partial charge in [0.25, 0.3) is 0 Å². The Morgan fingerprint density at radius 1 is 1.55 bits per heavy atom. The van der Waals surface area contributed by atoms with Crippen LogP contribution in [0.4, 0.5) is 0 Å². The van der Waals surface area contributed by atoms with Crippen LogP contribution in [0.1, 0.15) is 19.8 Å². The summed E-state index contributed by atoms with van der Waals surface area (Å²) in [5.74, 6) is -1.64. The largest absolute Gasteiger partial charge is 0.377 e. The highest BCUT2D eigenvalue weighted by Gasteiger charge is 2.22. The summed E-state index contributed by atoms with van der Waals surface area (Å²) in [7, 11) is -4.33. The number of allylic oxidation sites excluding steroid dienone is 1. The quantitative estimate of drug-likeness (QED) is 0.442. The lowest BCUT2D eigenvalue weighted by Crippen LogP contribution is -2.01. The highest BCUT2D eigenvalue weighted by atomic mass is 31.2. The maximum atomic E-state index is 10.3. The highest BCUT2D eigenvalue weighted by molar-refractivity contribution is 7.52. The summed E-state index contributed by atoms with van der Waals surface area (Å²) >= 11 is 0. The molecule has 0 fully saturated rings. The molecule has 5 heteroatoms. The zero-order chi connectivity index (χ0) is 8.91. The molecular weight excluding hydrogens is 167 g/mol. The van der Waals surface area contributed by atoms with E-state index in [0.717, 1.165) is 18.9 Å². The summed E-state index contributed by atoms with van der Waals surface area (Å²) in [4.78, 5) is 16.8. The lowest BCUT2D eigenvalue weighted by atomic mass is 10.3. The van der Waals surface area contributed by atoms with Crippen LogP contribution >= 0.6 is 7.60 Å². The second-order valence-electron chi connectivity index (χ2n) is 2.22. The van der Waals surface area contributed by atoms with Crippen molar-refractivity contribution >= 4 is 7.60 Å². The molecule has 0 aliphatic heterocycles. The van der Waals surface area contributed by atoms with Gasteiger partial charge in [-0.1, -0.05) is 19.4 Å². The van der Waals surface area contributed by atoms with Crippen LogP contribution in [0, 0.1) is 0 Å². The molecule has 0 rings (SSSR count). The maximum Gasteiger partial charge on any atom is 0.357 e. The molecule has 0 aliphatic carbocycles. The Labute approximate surface area is 65.7 Å². The molecule has 4 nitrogen and oxygen atoms in total. The Balaban J connectivity index is 3.87. The van der Waals surface area contributed by atoms with Crippen LogP contribution in [0.5, 0.6) is 0 Å². The van der Waals surface area contributed by atoms with Gasteiger partial charge in [-0.25, -0.2) is 0 Å². The van der Waals surface area contributed by atoms with Gasteiger partial charge in [0.05, 0.1) is 0 Å². The van der Waals surface area contributed by atoms with Gasteiger partial charge in [-0.15, -0.1) is 0 Å². The molecule has 3 N–H and O–H groups in total. The van der Waals surface area contributed by atoms with Crippen molar-refractivity contribution < 1.29 is 19.5 Å². The number of unbranched alkanes of at least 4 members (excludes halogenated alkanes) is 1. The van der Waals surface area contributed by atoms with E-state index in [2.05, 4.69) is 0 Å². The second kappa shape index (κ2) is 4.67. The SMILES string of the molecule is CCCC=C[C@@H](O)P(=O)(O)O. The van der Waals surface area contributed by atoms with Gasteiger partial charge in [0.15, 0.2) is 5.85 Å². The van der Waals surface area contributed by atoms with E-state index in [1.165, 1.54) is 0 Å². The zero-order valence-electron chi connectivity index (χ0n) is 6.34. The fourth-order valence-corrected chi connectivity index (χ4v) is 0.843. The number of aliphatic hydroxyl groups is 1. The lowest BCUT2D eigenvalue weighted by molar-refractivity contribution is 0.238. The Morgan fingerprint density at radius 2 is 2.09 bits per heavy atom. The van der Waals surface area contributed by atoms with E-state index < -0.39 is 13.4 Å². The van der Waals surface area contributed by atoms with Gasteiger partial charge < -0.3 is 14.9 Å². The van der Waals surface area contributed by atoms with E-state index in [-0.39, 0.29) is 0 Å². The highest BCUT2D eigenvalue weighted by Crippen LogP contribution is 2.40. The molecule has 0 spiro atoms. The van der Waals surface area contributed by atoms with Crippen molar-refractivity contribution in [2.75, 3.05) is 0 Å². The van der Waals surface area contributed by atoms with Crippen molar-refractivity contribution in [1.29, 1.82) is 0 Å². The van der Waals surface area contributed by atoms with Crippen LogP contribution in [0.25, 0.3) is 0 Å². The number of aliphatic hydroxyl groups excluding tert-OH is 1. The van der Waals surface area contributed by atoms with Gasteiger partial charge in [-0.05, 0) is 12.5 Å². The predicted molar refractivity (Wildman–Crippen MR) is 42.1 cm³/mol. The van der Waals surface area contributed by atoms with Crippen LogP contribution in [-0.2, 0) is 4.57 Å². The predicted octanol–water partition coefficient (Wildman–Crippen LogP) is 0.839. The number of hydrogen-bond donors (Lipinski definition) is 3. The molecule has 0 aromatic rings. The molecule has 0 bridgehead atoms. The smallest absolute Gasteiger partial charge is 0.357 e. The van der Waals surface area contributed by atoms with E-state index in [1.54, 1.807) is 6.08 Å². The molecule has 0 amide bonds. The normalized spacial score (nSPS) is 15.6. The Bertz CT molecular complexity index is 171. The fourth-order valence-electron chi connectivity index (χ4n) is 0.497. The topological polar surface area (TPSA) is 77.8 Å². The summed E-state index contributed by atoms with van der Waals surface area (Å²) in [5, 5.41) is 8.76. The summed E-state index contributed by atoms with van der Waals surface area (Å²) in [5.41, 5.74) is 0. The first-order chi connectivity index (χ1) is 4.98. The molecule has 66 valence electrons. The molecule has 0 saturated carbocycles. The van der Waals surface area contributed by atoms with Crippen LogP contribution in [0.15, 0.2) is 12.2 Å². The van der Waals surface area contributed by atoms with Crippen molar-refractivity contribution in [2.45, 2.75) is 25.6 Å². The maximum absolute atomic E-state index is 10.3. The molecule has 11 heavy (non-hydrogen) atoms. The minimum absolute atomic E-state index is 0.719. The van der Waals surface area contributed by atoms with Crippen LogP contribution in [0.2, 0.25) is 0 Å². The van der Waals surface area contributed by atoms with Gasteiger partial charge in [0, 0.05) is 0 Å². The lowest BCUT2D eigenvalue weighted by Gasteiger charge is -2.06. The van der Waals surface area contributed by atoms with Gasteiger partial charge in [0.1, 0.15) is 0 Å². The van der Waals surface area contributed by atoms with Gasteiger partial charge >= 0.3 is 7.60 Å². The number of rotatable bonds is 4. The minimum Gasteiger partial charge on any atom is -0.377 e. The zero-order valence-corrected chi connectivity index (χ0v) is 7.24.